The van der Waals surface area contributed by atoms with Crippen LogP contribution in [0.3, 0.4) is 0 Å². The lowest BCUT2D eigenvalue weighted by Crippen LogP contribution is -2.45. The van der Waals surface area contributed by atoms with Gasteiger partial charge in [-0.2, -0.15) is 0 Å². The minimum absolute atomic E-state index is 0.0956. The molecule has 2 saturated heterocycles. The van der Waals surface area contributed by atoms with Gasteiger partial charge in [0.05, 0.1) is 12.0 Å². The number of ether oxygens (including phenoxy) is 1. The molecule has 1 amide bonds. The number of rotatable bonds is 7. The van der Waals surface area contributed by atoms with Gasteiger partial charge in [-0.05, 0) is 38.6 Å². The van der Waals surface area contributed by atoms with Gasteiger partial charge in [-0.25, -0.2) is 0 Å². The van der Waals surface area contributed by atoms with Crippen molar-refractivity contribution in [3.63, 3.8) is 0 Å². The Hall–Kier alpha value is -0.610. The Morgan fingerprint density at radius 2 is 2.20 bits per heavy atom. The molecule has 0 aliphatic carbocycles. The summed E-state index contributed by atoms with van der Waals surface area (Å²) in [5.41, 5.74) is 0. The lowest BCUT2D eigenvalue weighted by Gasteiger charge is -2.29. The second-order valence-electron chi connectivity index (χ2n) is 6.14. The predicted octanol–water partition coefficient (Wildman–Crippen LogP) is 2.18. The molecule has 2 aliphatic heterocycles. The first-order valence-electron chi connectivity index (χ1n) is 8.40. The van der Waals surface area contributed by atoms with Crippen LogP contribution >= 0.6 is 0 Å². The molecule has 0 saturated carbocycles. The Bertz CT molecular complexity index is 303. The first kappa shape index (κ1) is 15.8. The fourth-order valence-corrected chi connectivity index (χ4v) is 3.39. The van der Waals surface area contributed by atoms with Crippen LogP contribution in [0, 0.1) is 5.92 Å². The first-order valence-corrected chi connectivity index (χ1v) is 8.40. The summed E-state index contributed by atoms with van der Waals surface area (Å²) in [5.74, 6) is 0.426. The molecule has 2 rings (SSSR count). The fourth-order valence-electron chi connectivity index (χ4n) is 3.39. The van der Waals surface area contributed by atoms with Crippen molar-refractivity contribution in [1.29, 1.82) is 0 Å². The van der Waals surface area contributed by atoms with Crippen LogP contribution in [-0.2, 0) is 9.53 Å². The number of nitrogens with zero attached hydrogens (tertiary/aromatic N) is 1. The molecule has 4 heteroatoms. The van der Waals surface area contributed by atoms with Crippen molar-refractivity contribution >= 4 is 5.91 Å². The van der Waals surface area contributed by atoms with Gasteiger partial charge in [0, 0.05) is 25.7 Å². The SMILES string of the molecule is CCCCN(CC1CCCN1)C(=O)C1CCOC1CC. The highest BCUT2D eigenvalue weighted by Gasteiger charge is 2.36. The van der Waals surface area contributed by atoms with Crippen molar-refractivity contribution in [2.75, 3.05) is 26.2 Å². The van der Waals surface area contributed by atoms with Gasteiger partial charge >= 0.3 is 0 Å². The molecule has 0 spiro atoms. The molecular formula is C16H30N2O2. The summed E-state index contributed by atoms with van der Waals surface area (Å²) < 4.78 is 5.70. The lowest BCUT2D eigenvalue weighted by atomic mass is 9.97. The Morgan fingerprint density at radius 1 is 1.35 bits per heavy atom. The normalized spacial score (nSPS) is 29.8. The zero-order valence-electron chi connectivity index (χ0n) is 13.1. The van der Waals surface area contributed by atoms with Gasteiger partial charge in [-0.1, -0.05) is 20.3 Å². The second-order valence-corrected chi connectivity index (χ2v) is 6.14. The average Bonchev–Trinajstić information content (AvgIpc) is 3.13. The summed E-state index contributed by atoms with van der Waals surface area (Å²) >= 11 is 0. The highest BCUT2D eigenvalue weighted by Crippen LogP contribution is 2.26. The molecule has 20 heavy (non-hydrogen) atoms. The topological polar surface area (TPSA) is 41.6 Å². The van der Waals surface area contributed by atoms with Crippen LogP contribution in [0.2, 0.25) is 0 Å². The highest BCUT2D eigenvalue weighted by molar-refractivity contribution is 5.79. The van der Waals surface area contributed by atoms with Crippen LogP contribution in [0.15, 0.2) is 0 Å². The van der Waals surface area contributed by atoms with E-state index in [2.05, 4.69) is 24.1 Å². The third-order valence-electron chi connectivity index (χ3n) is 4.63. The van der Waals surface area contributed by atoms with Gasteiger partial charge in [0.15, 0.2) is 0 Å². The summed E-state index contributed by atoms with van der Waals surface area (Å²) in [4.78, 5) is 14.9. The zero-order chi connectivity index (χ0) is 14.4. The van der Waals surface area contributed by atoms with Crippen molar-refractivity contribution in [3.05, 3.63) is 0 Å². The van der Waals surface area contributed by atoms with Crippen LogP contribution in [-0.4, -0.2) is 49.2 Å². The summed E-state index contributed by atoms with van der Waals surface area (Å²) in [6.45, 7) is 7.93. The molecule has 4 nitrogen and oxygen atoms in total. The molecule has 0 aromatic rings. The monoisotopic (exact) mass is 282 g/mol. The molecule has 3 unspecified atom stereocenters. The third-order valence-corrected chi connectivity index (χ3v) is 4.63. The molecule has 3 atom stereocenters. The lowest BCUT2D eigenvalue weighted by molar-refractivity contribution is -0.137. The van der Waals surface area contributed by atoms with Gasteiger partial charge < -0.3 is 15.0 Å². The number of hydrogen-bond acceptors (Lipinski definition) is 3. The van der Waals surface area contributed by atoms with Crippen molar-refractivity contribution in [2.45, 2.75) is 64.5 Å². The van der Waals surface area contributed by atoms with E-state index in [-0.39, 0.29) is 12.0 Å². The van der Waals surface area contributed by atoms with E-state index >= 15 is 0 Å². The molecule has 0 aromatic carbocycles. The van der Waals surface area contributed by atoms with Crippen LogP contribution in [0.25, 0.3) is 0 Å². The maximum Gasteiger partial charge on any atom is 0.228 e. The minimum atomic E-state index is 0.0956. The largest absolute Gasteiger partial charge is 0.377 e. The molecule has 2 aliphatic rings. The molecule has 1 N–H and O–H groups in total. The molecular weight excluding hydrogens is 252 g/mol. The Labute approximate surface area is 123 Å². The van der Waals surface area contributed by atoms with E-state index in [0.29, 0.717) is 11.9 Å². The maximum absolute atomic E-state index is 12.8. The minimum Gasteiger partial charge on any atom is -0.377 e. The molecule has 2 fully saturated rings. The maximum atomic E-state index is 12.8. The summed E-state index contributed by atoms with van der Waals surface area (Å²) in [7, 11) is 0. The van der Waals surface area contributed by atoms with Gasteiger partial charge in [0.1, 0.15) is 0 Å². The van der Waals surface area contributed by atoms with Crippen molar-refractivity contribution < 1.29 is 9.53 Å². The number of unbranched alkanes of at least 4 members (excludes halogenated alkanes) is 1. The number of carbonyl (C=O) groups excluding carboxylic acids is 1. The van der Waals surface area contributed by atoms with E-state index in [1.54, 1.807) is 0 Å². The first-order chi connectivity index (χ1) is 9.76. The molecule has 0 bridgehead atoms. The quantitative estimate of drug-likeness (QED) is 0.778. The third kappa shape index (κ3) is 3.95. The van der Waals surface area contributed by atoms with Crippen molar-refractivity contribution in [1.82, 2.24) is 10.2 Å². The summed E-state index contributed by atoms with van der Waals surface area (Å²) in [6, 6.07) is 0.498. The van der Waals surface area contributed by atoms with Gasteiger partial charge in [0.25, 0.3) is 0 Å². The van der Waals surface area contributed by atoms with Gasteiger partial charge in [-0.15, -0.1) is 0 Å². The van der Waals surface area contributed by atoms with E-state index in [1.165, 1.54) is 12.8 Å². The summed E-state index contributed by atoms with van der Waals surface area (Å²) in [6.07, 6.45) is 6.67. The van der Waals surface area contributed by atoms with E-state index in [9.17, 15) is 4.79 Å². The smallest absolute Gasteiger partial charge is 0.228 e. The number of carbonyl (C=O) groups is 1. The van der Waals surface area contributed by atoms with Crippen molar-refractivity contribution in [2.24, 2.45) is 5.92 Å². The van der Waals surface area contributed by atoms with E-state index in [4.69, 9.17) is 4.74 Å². The van der Waals surface area contributed by atoms with Crippen LogP contribution in [0.4, 0.5) is 0 Å². The average molecular weight is 282 g/mol. The Morgan fingerprint density at radius 3 is 2.85 bits per heavy atom. The van der Waals surface area contributed by atoms with Crippen molar-refractivity contribution in [3.8, 4) is 0 Å². The van der Waals surface area contributed by atoms with E-state index < -0.39 is 0 Å². The second kappa shape index (κ2) is 7.99. The van der Waals surface area contributed by atoms with Crippen LogP contribution in [0.1, 0.15) is 52.4 Å². The number of nitrogens with one attached hydrogen (secondary N) is 1. The molecule has 0 radical (unpaired) electrons. The zero-order valence-corrected chi connectivity index (χ0v) is 13.1. The Kier molecular flexibility index (Phi) is 6.30. The van der Waals surface area contributed by atoms with E-state index in [0.717, 1.165) is 51.9 Å². The van der Waals surface area contributed by atoms with E-state index in [1.807, 2.05) is 0 Å². The molecule has 2 heterocycles. The summed E-state index contributed by atoms with van der Waals surface area (Å²) in [5, 5.41) is 3.51. The van der Waals surface area contributed by atoms with Gasteiger partial charge in [-0.3, -0.25) is 4.79 Å². The molecule has 116 valence electrons. The Balaban J connectivity index is 1.94. The standard InChI is InChI=1S/C16H30N2O2/c1-3-5-10-18(12-13-7-6-9-17-13)16(19)14-8-11-20-15(14)4-2/h13-15,17H,3-12H2,1-2H3. The molecule has 0 aromatic heterocycles. The van der Waals surface area contributed by atoms with Crippen LogP contribution in [0.5, 0.6) is 0 Å². The van der Waals surface area contributed by atoms with Gasteiger partial charge in [0.2, 0.25) is 5.91 Å². The fraction of sp³-hybridized carbons (Fsp3) is 0.938. The highest BCUT2D eigenvalue weighted by atomic mass is 16.5. The number of amides is 1. The van der Waals surface area contributed by atoms with Crippen LogP contribution < -0.4 is 5.32 Å². The number of hydrogen-bond donors (Lipinski definition) is 1. The predicted molar refractivity (Wildman–Crippen MR) is 80.7 cm³/mol.